The average Bonchev–Trinajstić information content (AvgIpc) is 3.04. The van der Waals surface area contributed by atoms with E-state index in [2.05, 4.69) is 15.5 Å². The number of carbonyl (C=O) groups is 1. The molecule has 1 unspecified atom stereocenters. The van der Waals surface area contributed by atoms with Gasteiger partial charge in [-0.2, -0.15) is 5.10 Å². The van der Waals surface area contributed by atoms with Gasteiger partial charge in [0.1, 0.15) is 11.6 Å². The van der Waals surface area contributed by atoms with Crippen LogP contribution >= 0.6 is 11.6 Å². The maximum Gasteiger partial charge on any atom is 0.266 e. The lowest BCUT2D eigenvalue weighted by Crippen LogP contribution is -2.31. The van der Waals surface area contributed by atoms with E-state index in [1.807, 2.05) is 13.0 Å². The molecule has 6 heteroatoms. The summed E-state index contributed by atoms with van der Waals surface area (Å²) in [5, 5.41) is 10.2. The monoisotopic (exact) mass is 291 g/mol. The van der Waals surface area contributed by atoms with Gasteiger partial charge in [0.2, 0.25) is 0 Å². The van der Waals surface area contributed by atoms with Crippen LogP contribution in [0.25, 0.3) is 0 Å². The minimum atomic E-state index is -0.531. The molecule has 104 valence electrons. The molecule has 0 spiro atoms. The van der Waals surface area contributed by atoms with Gasteiger partial charge in [-0.1, -0.05) is 18.5 Å². The standard InChI is InChI=1S/C14H14ClN3O2/c1-2-8-7-16-18-13(8)17-14(19)12-6-9-5-10(15)3-4-11(9)20-12/h3-5,7,12H,2,6H2,1H3,(H2,16,17,18,19). The van der Waals surface area contributed by atoms with Crippen LogP contribution in [0.1, 0.15) is 18.1 Å². The number of halogens is 1. The van der Waals surface area contributed by atoms with Crippen LogP contribution in [-0.2, 0) is 17.6 Å². The van der Waals surface area contributed by atoms with Crippen LogP contribution in [0.15, 0.2) is 24.4 Å². The van der Waals surface area contributed by atoms with Gasteiger partial charge in [0.25, 0.3) is 5.91 Å². The molecule has 0 fully saturated rings. The van der Waals surface area contributed by atoms with Crippen molar-refractivity contribution in [2.45, 2.75) is 25.9 Å². The molecule has 0 saturated heterocycles. The summed E-state index contributed by atoms with van der Waals surface area (Å²) in [6, 6.07) is 5.38. The predicted molar refractivity (Wildman–Crippen MR) is 76.2 cm³/mol. The van der Waals surface area contributed by atoms with Gasteiger partial charge in [0.05, 0.1) is 6.20 Å². The highest BCUT2D eigenvalue weighted by Crippen LogP contribution is 2.31. The number of aryl methyl sites for hydroxylation is 1. The van der Waals surface area contributed by atoms with Crippen molar-refractivity contribution < 1.29 is 9.53 Å². The first-order valence-corrected chi connectivity index (χ1v) is 6.83. The molecule has 5 nitrogen and oxygen atoms in total. The molecule has 0 bridgehead atoms. The fourth-order valence-corrected chi connectivity index (χ4v) is 2.45. The number of rotatable bonds is 3. The summed E-state index contributed by atoms with van der Waals surface area (Å²) < 4.78 is 5.64. The Morgan fingerprint density at radius 1 is 1.60 bits per heavy atom. The van der Waals surface area contributed by atoms with Crippen LogP contribution in [0.2, 0.25) is 5.02 Å². The first-order valence-electron chi connectivity index (χ1n) is 6.45. The summed E-state index contributed by atoms with van der Waals surface area (Å²) in [5.74, 6) is 1.17. The second kappa shape index (κ2) is 5.17. The third-order valence-electron chi connectivity index (χ3n) is 3.34. The molecular weight excluding hydrogens is 278 g/mol. The van der Waals surface area contributed by atoms with E-state index in [-0.39, 0.29) is 5.91 Å². The average molecular weight is 292 g/mol. The summed E-state index contributed by atoms with van der Waals surface area (Å²) in [4.78, 5) is 12.2. The molecule has 20 heavy (non-hydrogen) atoms. The molecule has 1 atom stereocenters. The number of amides is 1. The quantitative estimate of drug-likeness (QED) is 0.913. The zero-order chi connectivity index (χ0) is 14.1. The third kappa shape index (κ3) is 2.36. The molecule has 0 radical (unpaired) electrons. The van der Waals surface area contributed by atoms with Crippen molar-refractivity contribution >= 4 is 23.3 Å². The van der Waals surface area contributed by atoms with E-state index in [1.165, 1.54) is 0 Å². The van der Waals surface area contributed by atoms with Crippen molar-refractivity contribution in [3.05, 3.63) is 40.5 Å². The number of aromatic amines is 1. The summed E-state index contributed by atoms with van der Waals surface area (Å²) in [7, 11) is 0. The van der Waals surface area contributed by atoms with Gasteiger partial charge in [0.15, 0.2) is 6.10 Å². The van der Waals surface area contributed by atoms with Crippen LogP contribution in [-0.4, -0.2) is 22.2 Å². The lowest BCUT2D eigenvalue weighted by atomic mass is 10.1. The number of nitrogens with zero attached hydrogens (tertiary/aromatic N) is 1. The number of benzene rings is 1. The van der Waals surface area contributed by atoms with Crippen LogP contribution in [0, 0.1) is 0 Å². The van der Waals surface area contributed by atoms with Crippen LogP contribution < -0.4 is 10.1 Å². The van der Waals surface area contributed by atoms with E-state index >= 15 is 0 Å². The molecule has 1 aromatic carbocycles. The van der Waals surface area contributed by atoms with E-state index in [4.69, 9.17) is 16.3 Å². The van der Waals surface area contributed by atoms with Gasteiger partial charge in [0, 0.05) is 17.0 Å². The number of aromatic nitrogens is 2. The maximum atomic E-state index is 12.2. The van der Waals surface area contributed by atoms with E-state index in [9.17, 15) is 4.79 Å². The van der Waals surface area contributed by atoms with E-state index < -0.39 is 6.10 Å². The third-order valence-corrected chi connectivity index (χ3v) is 3.57. The lowest BCUT2D eigenvalue weighted by Gasteiger charge is -2.10. The van der Waals surface area contributed by atoms with Crippen molar-refractivity contribution in [1.82, 2.24) is 10.2 Å². The molecule has 1 aliphatic heterocycles. The topological polar surface area (TPSA) is 67.0 Å². The van der Waals surface area contributed by atoms with Crippen LogP contribution in [0.5, 0.6) is 5.75 Å². The first kappa shape index (κ1) is 13.0. The molecule has 1 aromatic heterocycles. The van der Waals surface area contributed by atoms with Gasteiger partial charge in [-0.25, -0.2) is 0 Å². The second-order valence-corrected chi connectivity index (χ2v) is 5.11. The molecule has 0 aliphatic carbocycles. The van der Waals surface area contributed by atoms with Crippen molar-refractivity contribution in [2.24, 2.45) is 0 Å². The highest BCUT2D eigenvalue weighted by atomic mass is 35.5. The van der Waals surface area contributed by atoms with Gasteiger partial charge in [-0.15, -0.1) is 0 Å². The van der Waals surface area contributed by atoms with Crippen LogP contribution in [0.3, 0.4) is 0 Å². The highest BCUT2D eigenvalue weighted by molar-refractivity contribution is 6.30. The molecule has 2 heterocycles. The molecule has 1 aliphatic rings. The number of hydrogen-bond acceptors (Lipinski definition) is 3. The predicted octanol–water partition coefficient (Wildman–Crippen LogP) is 2.57. The van der Waals surface area contributed by atoms with Crippen molar-refractivity contribution in [3.63, 3.8) is 0 Å². The smallest absolute Gasteiger partial charge is 0.266 e. The van der Waals surface area contributed by atoms with Gasteiger partial charge < -0.3 is 10.1 Å². The number of hydrogen-bond donors (Lipinski definition) is 2. The Kier molecular flexibility index (Phi) is 3.36. The number of ether oxygens (including phenoxy) is 1. The molecule has 2 aromatic rings. The number of carbonyl (C=O) groups excluding carboxylic acids is 1. The zero-order valence-electron chi connectivity index (χ0n) is 10.9. The summed E-state index contributed by atoms with van der Waals surface area (Å²) in [6.45, 7) is 2.00. The fraction of sp³-hybridized carbons (Fsp3) is 0.286. The number of H-pyrrole nitrogens is 1. The maximum absolute atomic E-state index is 12.2. The second-order valence-electron chi connectivity index (χ2n) is 4.68. The van der Waals surface area contributed by atoms with Gasteiger partial charge in [-0.3, -0.25) is 9.89 Å². The number of fused-ring (bicyclic) bond motifs is 1. The van der Waals surface area contributed by atoms with E-state index in [0.29, 0.717) is 17.3 Å². The molecular formula is C14H14ClN3O2. The summed E-state index contributed by atoms with van der Waals surface area (Å²) in [6.07, 6.45) is 2.50. The minimum Gasteiger partial charge on any atom is -0.480 e. The van der Waals surface area contributed by atoms with Gasteiger partial charge >= 0.3 is 0 Å². The Morgan fingerprint density at radius 2 is 2.45 bits per heavy atom. The lowest BCUT2D eigenvalue weighted by molar-refractivity contribution is -0.122. The number of anilines is 1. The Balaban J connectivity index is 1.71. The number of nitrogens with one attached hydrogen (secondary N) is 2. The Labute approximate surface area is 121 Å². The molecule has 0 saturated carbocycles. The molecule has 3 rings (SSSR count). The zero-order valence-corrected chi connectivity index (χ0v) is 11.7. The summed E-state index contributed by atoms with van der Waals surface area (Å²) >= 11 is 5.94. The van der Waals surface area contributed by atoms with Crippen molar-refractivity contribution in [2.75, 3.05) is 5.32 Å². The van der Waals surface area contributed by atoms with Crippen LogP contribution in [0.4, 0.5) is 5.82 Å². The summed E-state index contributed by atoms with van der Waals surface area (Å²) in [5.41, 5.74) is 1.93. The molecule has 2 N–H and O–H groups in total. The van der Waals surface area contributed by atoms with Crippen molar-refractivity contribution in [3.8, 4) is 5.75 Å². The first-order chi connectivity index (χ1) is 9.67. The largest absolute Gasteiger partial charge is 0.480 e. The van der Waals surface area contributed by atoms with Crippen molar-refractivity contribution in [1.29, 1.82) is 0 Å². The molecule has 1 amide bonds. The Hall–Kier alpha value is -2.01. The Bertz CT molecular complexity index is 654. The van der Waals surface area contributed by atoms with E-state index in [1.54, 1.807) is 18.3 Å². The van der Waals surface area contributed by atoms with E-state index in [0.717, 1.165) is 23.3 Å². The fourth-order valence-electron chi connectivity index (χ4n) is 2.25. The van der Waals surface area contributed by atoms with Gasteiger partial charge in [-0.05, 0) is 30.2 Å². The highest BCUT2D eigenvalue weighted by Gasteiger charge is 2.29. The Morgan fingerprint density at radius 3 is 3.25 bits per heavy atom. The normalized spacial score (nSPS) is 16.6. The SMILES string of the molecule is CCc1cn[nH]c1NC(=O)C1Cc2cc(Cl)ccc2O1. The minimum absolute atomic E-state index is 0.184.